The summed E-state index contributed by atoms with van der Waals surface area (Å²) in [5, 5.41) is 0. The second-order valence-corrected chi connectivity index (χ2v) is 13.2. The van der Waals surface area contributed by atoms with Gasteiger partial charge in [0.05, 0.1) is 10.9 Å². The fourth-order valence-electron chi connectivity index (χ4n) is 6.47. The van der Waals surface area contributed by atoms with E-state index >= 15 is 0 Å². The number of likely N-dealkylation sites (tertiary alicyclic amines) is 1. The van der Waals surface area contributed by atoms with Gasteiger partial charge in [0, 0.05) is 6.04 Å². The highest BCUT2D eigenvalue weighted by Crippen LogP contribution is 2.40. The molecule has 1 saturated heterocycles. The summed E-state index contributed by atoms with van der Waals surface area (Å²) in [5.41, 5.74) is 4.39. The standard InChI is InChI=1S/C34H39N3O2S/c1-25-17-23-31(24-18-25)40(38,39)36-34-32(28-21-19-27(20-22-28)26-11-5-2-6-12-26)33(35-29-13-7-3-8-14-29)37(34)30-15-9-4-10-16-30/h2,5-6,11-12,17-24,29-30,32H,3-4,7-10,13-16H2,1H3/b35-33?,36-34+/t32-/m0/s1. The Morgan fingerprint density at radius 3 is 1.93 bits per heavy atom. The molecule has 1 aliphatic heterocycles. The van der Waals surface area contributed by atoms with Gasteiger partial charge in [-0.15, -0.1) is 4.40 Å². The quantitative estimate of drug-likeness (QED) is 0.312. The molecule has 0 spiro atoms. The molecule has 40 heavy (non-hydrogen) atoms. The normalized spacial score (nSPS) is 22.9. The Labute approximate surface area is 239 Å². The minimum absolute atomic E-state index is 0.241. The number of sulfonamides is 1. The first kappa shape index (κ1) is 26.9. The molecule has 2 aliphatic carbocycles. The van der Waals surface area contributed by atoms with Gasteiger partial charge in [-0.25, -0.2) is 0 Å². The predicted octanol–water partition coefficient (Wildman–Crippen LogP) is 7.91. The Hall–Kier alpha value is -3.25. The zero-order chi connectivity index (χ0) is 27.5. The zero-order valence-corrected chi connectivity index (χ0v) is 24.2. The maximum Gasteiger partial charge on any atom is 0.283 e. The van der Waals surface area contributed by atoms with Crippen molar-refractivity contribution in [3.63, 3.8) is 0 Å². The van der Waals surface area contributed by atoms with Crippen molar-refractivity contribution < 1.29 is 8.42 Å². The summed E-state index contributed by atoms with van der Waals surface area (Å²) >= 11 is 0. The van der Waals surface area contributed by atoms with Crippen molar-refractivity contribution in [3.8, 4) is 11.1 Å². The lowest BCUT2D eigenvalue weighted by atomic mass is 9.82. The van der Waals surface area contributed by atoms with Crippen LogP contribution in [0, 0.1) is 6.92 Å². The molecule has 3 aromatic rings. The Bertz CT molecular complexity index is 1470. The summed E-state index contributed by atoms with van der Waals surface area (Å²) in [7, 11) is -3.87. The molecular weight excluding hydrogens is 514 g/mol. The topological polar surface area (TPSA) is 62.1 Å². The molecule has 1 heterocycles. The highest BCUT2D eigenvalue weighted by Gasteiger charge is 2.48. The van der Waals surface area contributed by atoms with Crippen LogP contribution in [0.15, 0.2) is 93.1 Å². The molecule has 2 saturated carbocycles. The van der Waals surface area contributed by atoms with E-state index in [-0.39, 0.29) is 16.9 Å². The Balaban J connectivity index is 1.43. The third-order valence-corrected chi connectivity index (χ3v) is 10.0. The Morgan fingerprint density at radius 2 is 1.27 bits per heavy atom. The summed E-state index contributed by atoms with van der Waals surface area (Å²) in [6, 6.07) is 26.4. The number of benzene rings is 3. The number of rotatable bonds is 6. The van der Waals surface area contributed by atoms with E-state index < -0.39 is 10.0 Å². The van der Waals surface area contributed by atoms with Gasteiger partial charge in [-0.05, 0) is 61.4 Å². The van der Waals surface area contributed by atoms with E-state index in [9.17, 15) is 8.42 Å². The molecule has 0 radical (unpaired) electrons. The van der Waals surface area contributed by atoms with Gasteiger partial charge in [-0.3, -0.25) is 4.99 Å². The fourth-order valence-corrected chi connectivity index (χ4v) is 7.50. The lowest BCUT2D eigenvalue weighted by Gasteiger charge is -2.49. The first-order valence-electron chi connectivity index (χ1n) is 14.9. The second-order valence-electron chi connectivity index (χ2n) is 11.6. The average Bonchev–Trinajstić information content (AvgIpc) is 2.99. The smallest absolute Gasteiger partial charge is 0.283 e. The summed E-state index contributed by atoms with van der Waals surface area (Å²) in [4.78, 5) is 7.83. The minimum Gasteiger partial charge on any atom is -0.313 e. The van der Waals surface area contributed by atoms with Crippen molar-refractivity contribution in [2.45, 2.75) is 94.0 Å². The molecule has 6 rings (SSSR count). The van der Waals surface area contributed by atoms with Crippen LogP contribution < -0.4 is 0 Å². The monoisotopic (exact) mass is 553 g/mol. The molecule has 3 aromatic carbocycles. The predicted molar refractivity (Wildman–Crippen MR) is 163 cm³/mol. The van der Waals surface area contributed by atoms with Gasteiger partial charge in [0.15, 0.2) is 0 Å². The van der Waals surface area contributed by atoms with E-state index in [0.29, 0.717) is 11.9 Å². The first-order valence-corrected chi connectivity index (χ1v) is 16.4. The van der Waals surface area contributed by atoms with E-state index in [1.165, 1.54) is 31.2 Å². The second kappa shape index (κ2) is 11.7. The van der Waals surface area contributed by atoms with Gasteiger partial charge >= 0.3 is 0 Å². The Morgan fingerprint density at radius 1 is 0.675 bits per heavy atom. The van der Waals surface area contributed by atoms with E-state index in [4.69, 9.17) is 4.99 Å². The maximum absolute atomic E-state index is 13.6. The van der Waals surface area contributed by atoms with Crippen molar-refractivity contribution in [1.29, 1.82) is 0 Å². The van der Waals surface area contributed by atoms with Crippen LogP contribution in [0.4, 0.5) is 0 Å². The highest BCUT2D eigenvalue weighted by molar-refractivity contribution is 7.90. The third-order valence-electron chi connectivity index (χ3n) is 8.72. The van der Waals surface area contributed by atoms with Gasteiger partial charge in [-0.1, -0.05) is 111 Å². The van der Waals surface area contributed by atoms with Gasteiger partial charge in [-0.2, -0.15) is 8.42 Å². The molecular formula is C34H39N3O2S. The molecule has 208 valence electrons. The van der Waals surface area contributed by atoms with Gasteiger partial charge < -0.3 is 4.90 Å². The van der Waals surface area contributed by atoms with Gasteiger partial charge in [0.2, 0.25) is 0 Å². The molecule has 0 bridgehead atoms. The molecule has 0 aromatic heterocycles. The van der Waals surface area contributed by atoms with Crippen LogP contribution in [0.2, 0.25) is 0 Å². The number of amidine groups is 2. The van der Waals surface area contributed by atoms with Crippen molar-refractivity contribution in [2.75, 3.05) is 0 Å². The van der Waals surface area contributed by atoms with Crippen LogP contribution in [0.3, 0.4) is 0 Å². The molecule has 5 nitrogen and oxygen atoms in total. The minimum atomic E-state index is -3.87. The van der Waals surface area contributed by atoms with Crippen molar-refractivity contribution in [3.05, 3.63) is 90.0 Å². The van der Waals surface area contributed by atoms with E-state index in [0.717, 1.165) is 61.1 Å². The van der Waals surface area contributed by atoms with Crippen LogP contribution in [-0.2, 0) is 10.0 Å². The van der Waals surface area contributed by atoms with Crippen LogP contribution in [0.1, 0.15) is 81.3 Å². The van der Waals surface area contributed by atoms with Crippen LogP contribution in [-0.4, -0.2) is 37.1 Å². The molecule has 0 N–H and O–H groups in total. The number of aliphatic imine (C=N–C) groups is 1. The molecule has 0 amide bonds. The molecule has 6 heteroatoms. The van der Waals surface area contributed by atoms with E-state index in [1.807, 2.05) is 37.3 Å². The lowest BCUT2D eigenvalue weighted by Crippen LogP contribution is -2.61. The Kier molecular flexibility index (Phi) is 7.88. The number of hydrogen-bond acceptors (Lipinski definition) is 3. The molecule has 1 atom stereocenters. The van der Waals surface area contributed by atoms with E-state index in [2.05, 4.69) is 45.7 Å². The van der Waals surface area contributed by atoms with Crippen molar-refractivity contribution >= 4 is 21.7 Å². The van der Waals surface area contributed by atoms with Crippen LogP contribution >= 0.6 is 0 Å². The number of aryl methyl sites for hydroxylation is 1. The third kappa shape index (κ3) is 5.64. The largest absolute Gasteiger partial charge is 0.313 e. The zero-order valence-electron chi connectivity index (χ0n) is 23.4. The summed E-state index contributed by atoms with van der Waals surface area (Å²) in [5.74, 6) is 1.41. The van der Waals surface area contributed by atoms with Crippen LogP contribution in [0.5, 0.6) is 0 Å². The summed E-state index contributed by atoms with van der Waals surface area (Å²) < 4.78 is 31.9. The average molecular weight is 554 g/mol. The van der Waals surface area contributed by atoms with Gasteiger partial charge in [0.1, 0.15) is 17.6 Å². The van der Waals surface area contributed by atoms with E-state index in [1.54, 1.807) is 12.1 Å². The summed E-state index contributed by atoms with van der Waals surface area (Å²) in [6.07, 6.45) is 11.6. The molecule has 3 aliphatic rings. The number of nitrogens with zero attached hydrogens (tertiary/aromatic N) is 3. The molecule has 0 unspecified atom stereocenters. The van der Waals surface area contributed by atoms with Crippen LogP contribution in [0.25, 0.3) is 11.1 Å². The number of hydrogen-bond donors (Lipinski definition) is 0. The van der Waals surface area contributed by atoms with Gasteiger partial charge in [0.25, 0.3) is 10.0 Å². The van der Waals surface area contributed by atoms with Crippen molar-refractivity contribution in [1.82, 2.24) is 4.90 Å². The first-order chi connectivity index (χ1) is 19.5. The fraction of sp³-hybridized carbons (Fsp3) is 0.412. The summed E-state index contributed by atoms with van der Waals surface area (Å²) in [6.45, 7) is 1.96. The van der Waals surface area contributed by atoms with Crippen molar-refractivity contribution in [2.24, 2.45) is 9.39 Å². The molecule has 3 fully saturated rings. The highest BCUT2D eigenvalue weighted by atomic mass is 32.2. The lowest BCUT2D eigenvalue weighted by molar-refractivity contribution is 0.293. The maximum atomic E-state index is 13.6. The SMILES string of the molecule is Cc1ccc(S(=O)(=O)/N=C2\[C@@H](c3ccc(-c4ccccc4)cc3)C(=NC3CCCCC3)N2C2CCCCC2)cc1.